The average molecular weight is 360 g/mol. The molecule has 0 aromatic carbocycles. The number of hydrogen-bond acceptors (Lipinski definition) is 5. The summed E-state index contributed by atoms with van der Waals surface area (Å²) in [5.74, 6) is 0.164. The molecule has 4 aliphatic carbocycles. The van der Waals surface area contributed by atoms with Gasteiger partial charge in [0.2, 0.25) is 0 Å². The molecule has 4 aliphatic rings. The molecule has 0 aromatic rings. The Balaban J connectivity index is 1.75. The Morgan fingerprint density at radius 1 is 1.27 bits per heavy atom. The molecule has 3 fully saturated rings. The van der Waals surface area contributed by atoms with Crippen molar-refractivity contribution in [2.75, 3.05) is 6.61 Å². The molecular weight excluding hydrogens is 332 g/mol. The number of carbonyl (C=O) groups excluding carboxylic acids is 2. The van der Waals surface area contributed by atoms with E-state index in [1.165, 1.54) is 0 Å². The zero-order chi connectivity index (χ0) is 18.9. The van der Waals surface area contributed by atoms with Crippen LogP contribution in [0.4, 0.5) is 0 Å². The minimum Gasteiger partial charge on any atom is -0.394 e. The van der Waals surface area contributed by atoms with E-state index in [1.54, 1.807) is 12.2 Å². The number of aliphatic hydroxyl groups excluding tert-OH is 2. The van der Waals surface area contributed by atoms with E-state index in [0.29, 0.717) is 6.42 Å². The number of ketones is 2. The first-order chi connectivity index (χ1) is 12.2. The van der Waals surface area contributed by atoms with Crippen molar-refractivity contribution in [1.29, 1.82) is 0 Å². The van der Waals surface area contributed by atoms with Crippen molar-refractivity contribution in [3.63, 3.8) is 0 Å². The van der Waals surface area contributed by atoms with Crippen molar-refractivity contribution >= 4 is 11.6 Å². The van der Waals surface area contributed by atoms with E-state index in [0.717, 1.165) is 24.8 Å². The van der Waals surface area contributed by atoms with E-state index in [9.17, 15) is 24.9 Å². The van der Waals surface area contributed by atoms with Crippen molar-refractivity contribution in [1.82, 2.24) is 0 Å². The third kappa shape index (κ3) is 2.08. The summed E-state index contributed by atoms with van der Waals surface area (Å²) in [6.07, 6.45) is 6.91. The molecule has 0 radical (unpaired) electrons. The van der Waals surface area contributed by atoms with Gasteiger partial charge in [0, 0.05) is 23.2 Å². The molecule has 0 amide bonds. The van der Waals surface area contributed by atoms with Gasteiger partial charge in [0.15, 0.2) is 5.78 Å². The molecule has 0 spiro atoms. The molecule has 3 saturated carbocycles. The monoisotopic (exact) mass is 360 g/mol. The molecule has 142 valence electrons. The van der Waals surface area contributed by atoms with Crippen LogP contribution in [-0.2, 0) is 9.59 Å². The number of fused-ring (bicyclic) bond motifs is 5. The second-order valence-corrected chi connectivity index (χ2v) is 9.20. The summed E-state index contributed by atoms with van der Waals surface area (Å²) in [7, 11) is 0. The zero-order valence-electron chi connectivity index (χ0n) is 15.4. The number of allylic oxidation sites excluding steroid dienone is 4. The average Bonchev–Trinajstić information content (AvgIpc) is 2.86. The van der Waals surface area contributed by atoms with E-state index in [1.807, 2.05) is 13.0 Å². The van der Waals surface area contributed by atoms with Gasteiger partial charge >= 0.3 is 0 Å². The van der Waals surface area contributed by atoms with Gasteiger partial charge in [-0.3, -0.25) is 9.59 Å². The van der Waals surface area contributed by atoms with Crippen molar-refractivity contribution in [2.24, 2.45) is 28.6 Å². The van der Waals surface area contributed by atoms with Crippen LogP contribution in [0.25, 0.3) is 0 Å². The fourth-order valence-corrected chi connectivity index (χ4v) is 6.76. The number of aliphatic hydroxyl groups is 3. The van der Waals surface area contributed by atoms with Gasteiger partial charge in [-0.1, -0.05) is 25.5 Å². The molecule has 0 aromatic heterocycles. The van der Waals surface area contributed by atoms with Gasteiger partial charge in [-0.05, 0) is 49.7 Å². The Labute approximate surface area is 153 Å². The molecule has 4 rings (SSSR count). The SMILES string of the molecule is C[C@]12C=CC(=O)C=C1CC[C@H]1[C@H]2C(=O)C[C@]2(C)[C@@H]1CC[C@@]2(O)[C@@H](O)CO. The summed E-state index contributed by atoms with van der Waals surface area (Å²) < 4.78 is 0. The first-order valence-corrected chi connectivity index (χ1v) is 9.65. The van der Waals surface area contributed by atoms with Crippen LogP contribution in [-0.4, -0.2) is 45.2 Å². The highest BCUT2D eigenvalue weighted by Crippen LogP contribution is 2.66. The Morgan fingerprint density at radius 3 is 2.69 bits per heavy atom. The summed E-state index contributed by atoms with van der Waals surface area (Å²) >= 11 is 0. The van der Waals surface area contributed by atoms with Gasteiger partial charge in [0.05, 0.1) is 12.2 Å². The largest absolute Gasteiger partial charge is 0.394 e. The maximum Gasteiger partial charge on any atom is 0.178 e. The molecule has 0 heterocycles. The Morgan fingerprint density at radius 2 is 2.00 bits per heavy atom. The van der Waals surface area contributed by atoms with Crippen molar-refractivity contribution < 1.29 is 24.9 Å². The summed E-state index contributed by atoms with van der Waals surface area (Å²) in [5, 5.41) is 31.0. The minimum absolute atomic E-state index is 0.00895. The summed E-state index contributed by atoms with van der Waals surface area (Å²) in [6, 6.07) is 0. The van der Waals surface area contributed by atoms with Crippen LogP contribution in [0.3, 0.4) is 0 Å². The van der Waals surface area contributed by atoms with Crippen LogP contribution in [0.2, 0.25) is 0 Å². The quantitative estimate of drug-likeness (QED) is 0.695. The van der Waals surface area contributed by atoms with Crippen LogP contribution in [0.15, 0.2) is 23.8 Å². The zero-order valence-corrected chi connectivity index (χ0v) is 15.4. The maximum absolute atomic E-state index is 13.3. The van der Waals surface area contributed by atoms with Crippen LogP contribution in [0, 0.1) is 28.6 Å². The molecule has 0 bridgehead atoms. The Kier molecular flexibility index (Phi) is 3.89. The maximum atomic E-state index is 13.3. The number of rotatable bonds is 2. The highest BCUT2D eigenvalue weighted by atomic mass is 16.4. The van der Waals surface area contributed by atoms with Crippen molar-refractivity contribution in [2.45, 2.75) is 57.7 Å². The molecule has 0 aliphatic heterocycles. The Bertz CT molecular complexity index is 724. The third-order valence-electron chi connectivity index (χ3n) is 8.20. The molecule has 3 N–H and O–H groups in total. The van der Waals surface area contributed by atoms with E-state index in [-0.39, 0.29) is 35.7 Å². The van der Waals surface area contributed by atoms with Gasteiger partial charge in [-0.25, -0.2) is 0 Å². The number of carbonyl (C=O) groups is 2. The van der Waals surface area contributed by atoms with Crippen molar-refractivity contribution in [3.8, 4) is 0 Å². The smallest absolute Gasteiger partial charge is 0.178 e. The lowest BCUT2D eigenvalue weighted by Crippen LogP contribution is -2.61. The van der Waals surface area contributed by atoms with Crippen LogP contribution in [0.5, 0.6) is 0 Å². The summed E-state index contributed by atoms with van der Waals surface area (Å²) in [5.41, 5.74) is -1.53. The first kappa shape index (κ1) is 18.1. The molecule has 26 heavy (non-hydrogen) atoms. The van der Waals surface area contributed by atoms with E-state index >= 15 is 0 Å². The molecular formula is C21H28O5. The predicted octanol–water partition coefficient (Wildman–Crippen LogP) is 1.56. The van der Waals surface area contributed by atoms with Gasteiger partial charge in [-0.2, -0.15) is 0 Å². The Hall–Kier alpha value is -1.30. The molecule has 7 atom stereocenters. The molecule has 0 saturated heterocycles. The lowest BCUT2D eigenvalue weighted by Gasteiger charge is -2.57. The molecule has 5 heteroatoms. The number of hydrogen-bond donors (Lipinski definition) is 3. The summed E-state index contributed by atoms with van der Waals surface area (Å²) in [6.45, 7) is 3.46. The van der Waals surface area contributed by atoms with E-state index in [2.05, 4.69) is 6.92 Å². The van der Waals surface area contributed by atoms with Crippen LogP contribution in [0.1, 0.15) is 46.0 Å². The summed E-state index contributed by atoms with van der Waals surface area (Å²) in [4.78, 5) is 25.1. The molecule has 5 nitrogen and oxygen atoms in total. The fraction of sp³-hybridized carbons (Fsp3) is 0.714. The molecule has 0 unspecified atom stereocenters. The van der Waals surface area contributed by atoms with Gasteiger partial charge < -0.3 is 15.3 Å². The second kappa shape index (κ2) is 5.60. The van der Waals surface area contributed by atoms with E-state index in [4.69, 9.17) is 0 Å². The highest BCUT2D eigenvalue weighted by molar-refractivity contribution is 6.01. The lowest BCUT2D eigenvalue weighted by molar-refractivity contribution is -0.186. The van der Waals surface area contributed by atoms with E-state index < -0.39 is 29.1 Å². The van der Waals surface area contributed by atoms with Gasteiger partial charge in [0.25, 0.3) is 0 Å². The lowest BCUT2D eigenvalue weighted by atomic mass is 9.46. The topological polar surface area (TPSA) is 94.8 Å². The van der Waals surface area contributed by atoms with Gasteiger partial charge in [-0.15, -0.1) is 0 Å². The first-order valence-electron chi connectivity index (χ1n) is 9.65. The van der Waals surface area contributed by atoms with Crippen molar-refractivity contribution in [3.05, 3.63) is 23.8 Å². The predicted molar refractivity (Wildman–Crippen MR) is 95.0 cm³/mol. The minimum atomic E-state index is -1.43. The number of Topliss-reactive ketones (excluding diaryl/α,β-unsaturated/α-hetero) is 1. The van der Waals surface area contributed by atoms with Gasteiger partial charge in [0.1, 0.15) is 11.9 Å². The fourth-order valence-electron chi connectivity index (χ4n) is 6.76. The van der Waals surface area contributed by atoms with Crippen LogP contribution < -0.4 is 0 Å². The standard InChI is InChI=1S/C21H28O5/c1-19-7-5-13(23)9-12(19)3-4-14-15-6-8-21(26,17(25)11-22)20(15,2)10-16(24)18(14)19/h5,7,9,14-15,17-18,22,25-26H,3-4,6,8,10-11H2,1-2H3/t14-,15-,17+,18+,19+,20-,21-/m1/s1. The third-order valence-corrected chi connectivity index (χ3v) is 8.20. The van der Waals surface area contributed by atoms with Crippen LogP contribution >= 0.6 is 0 Å². The second-order valence-electron chi connectivity index (χ2n) is 9.20. The highest BCUT2D eigenvalue weighted by Gasteiger charge is 2.67. The normalized spacial score (nSPS) is 48.5.